The van der Waals surface area contributed by atoms with E-state index < -0.39 is 5.76 Å². The number of hydrogen-bond donors (Lipinski definition) is 2. The minimum atomic E-state index is -0.464. The van der Waals surface area contributed by atoms with E-state index in [0.717, 1.165) is 31.0 Å². The molecule has 3 aromatic rings. The molecule has 0 radical (unpaired) electrons. The van der Waals surface area contributed by atoms with Gasteiger partial charge in [0.05, 0.1) is 11.2 Å². The van der Waals surface area contributed by atoms with Crippen LogP contribution in [0.2, 0.25) is 0 Å². The van der Waals surface area contributed by atoms with Gasteiger partial charge in [-0.2, -0.15) is 0 Å². The fourth-order valence-corrected chi connectivity index (χ4v) is 3.79. The molecule has 1 aromatic heterocycles. The van der Waals surface area contributed by atoms with Crippen molar-refractivity contribution in [1.29, 1.82) is 0 Å². The predicted octanol–water partition coefficient (Wildman–Crippen LogP) is 2.08. The number of benzene rings is 2. The van der Waals surface area contributed by atoms with Gasteiger partial charge in [-0.15, -0.1) is 0 Å². The highest BCUT2D eigenvalue weighted by Crippen LogP contribution is 2.31. The van der Waals surface area contributed by atoms with E-state index in [1.165, 1.54) is 0 Å². The number of carbonyl (C=O) groups excluding carboxylic acids is 1. The molecule has 140 valence electrons. The summed E-state index contributed by atoms with van der Waals surface area (Å²) in [5, 5.41) is 0. The van der Waals surface area contributed by atoms with Gasteiger partial charge >= 0.3 is 5.76 Å². The van der Waals surface area contributed by atoms with Crippen LogP contribution in [-0.4, -0.2) is 36.6 Å². The van der Waals surface area contributed by atoms with Gasteiger partial charge in [0.2, 0.25) is 5.91 Å². The van der Waals surface area contributed by atoms with E-state index in [2.05, 4.69) is 26.9 Å². The molecule has 0 aliphatic carbocycles. The van der Waals surface area contributed by atoms with Gasteiger partial charge in [-0.1, -0.05) is 24.3 Å². The third-order valence-electron chi connectivity index (χ3n) is 5.06. The number of aromatic nitrogens is 1. The van der Waals surface area contributed by atoms with Gasteiger partial charge in [-0.25, -0.2) is 4.79 Å². The minimum absolute atomic E-state index is 0.0808. The Morgan fingerprint density at radius 2 is 1.96 bits per heavy atom. The second-order valence-electron chi connectivity index (χ2n) is 6.80. The lowest BCUT2D eigenvalue weighted by atomic mass is 10.0. The van der Waals surface area contributed by atoms with Crippen LogP contribution >= 0.6 is 0 Å². The summed E-state index contributed by atoms with van der Waals surface area (Å²) in [6, 6.07) is 16.0. The number of oxazole rings is 1. The van der Waals surface area contributed by atoms with E-state index in [9.17, 15) is 9.59 Å². The van der Waals surface area contributed by atoms with Crippen LogP contribution in [0.25, 0.3) is 11.1 Å². The number of hydrogen-bond acceptors (Lipinski definition) is 5. The number of piperazine rings is 1. The first kappa shape index (κ1) is 17.2. The zero-order chi connectivity index (χ0) is 18.8. The van der Waals surface area contributed by atoms with Crippen molar-refractivity contribution in [1.82, 2.24) is 4.98 Å². The fourth-order valence-electron chi connectivity index (χ4n) is 3.79. The summed E-state index contributed by atoms with van der Waals surface area (Å²) in [7, 11) is 0. The Bertz CT molecular complexity index is 995. The third kappa shape index (κ3) is 3.53. The van der Waals surface area contributed by atoms with Crippen molar-refractivity contribution >= 4 is 28.4 Å². The van der Waals surface area contributed by atoms with Crippen molar-refractivity contribution in [3.63, 3.8) is 0 Å². The highest BCUT2D eigenvalue weighted by Gasteiger charge is 2.29. The molecule has 27 heavy (non-hydrogen) atoms. The molecule has 0 bridgehead atoms. The summed E-state index contributed by atoms with van der Waals surface area (Å²) in [4.78, 5) is 30.3. The smallest absolute Gasteiger partial charge is 0.406 e. The summed E-state index contributed by atoms with van der Waals surface area (Å²) in [5.74, 6) is -0.771. The Balaban J connectivity index is 1.66. The molecule has 0 saturated carbocycles. The van der Waals surface area contributed by atoms with Crippen LogP contribution in [0.1, 0.15) is 12.8 Å². The van der Waals surface area contributed by atoms with Crippen LogP contribution in [0.15, 0.2) is 57.7 Å². The van der Waals surface area contributed by atoms with Gasteiger partial charge in [0.15, 0.2) is 5.58 Å². The van der Waals surface area contributed by atoms with E-state index in [1.54, 1.807) is 0 Å². The van der Waals surface area contributed by atoms with Gasteiger partial charge in [-0.3, -0.25) is 9.78 Å². The normalized spacial score (nSPS) is 17.4. The van der Waals surface area contributed by atoms with E-state index in [0.29, 0.717) is 23.9 Å². The van der Waals surface area contributed by atoms with E-state index in [-0.39, 0.29) is 11.9 Å². The maximum Gasteiger partial charge on any atom is 0.417 e. The number of nitrogens with one attached hydrogen (secondary N) is 1. The minimum Gasteiger partial charge on any atom is -0.406 e. The van der Waals surface area contributed by atoms with Crippen molar-refractivity contribution < 1.29 is 9.21 Å². The molecule has 1 aliphatic rings. The second-order valence-corrected chi connectivity index (χ2v) is 6.80. The Kier molecular flexibility index (Phi) is 4.58. The Hall–Kier alpha value is -3.22. The quantitative estimate of drug-likeness (QED) is 0.721. The monoisotopic (exact) mass is 366 g/mol. The summed E-state index contributed by atoms with van der Waals surface area (Å²) in [5.41, 5.74) is 8.66. The largest absolute Gasteiger partial charge is 0.417 e. The topological polar surface area (TPSA) is 95.6 Å². The number of carbonyl (C=O) groups is 1. The molecular formula is C20H22N4O3. The molecule has 1 unspecified atom stereocenters. The lowest BCUT2D eigenvalue weighted by Gasteiger charge is -2.43. The number of fused-ring (bicyclic) bond motifs is 1. The van der Waals surface area contributed by atoms with Crippen LogP contribution in [-0.2, 0) is 4.79 Å². The number of amides is 1. The maximum atomic E-state index is 11.6. The molecule has 1 saturated heterocycles. The number of aromatic amines is 1. The van der Waals surface area contributed by atoms with Gasteiger partial charge in [-0.05, 0) is 30.7 Å². The molecule has 1 fully saturated rings. The molecule has 1 aliphatic heterocycles. The van der Waals surface area contributed by atoms with E-state index >= 15 is 0 Å². The first-order valence-electron chi connectivity index (χ1n) is 9.08. The van der Waals surface area contributed by atoms with Gasteiger partial charge < -0.3 is 20.0 Å². The Morgan fingerprint density at radius 3 is 2.74 bits per heavy atom. The Morgan fingerprint density at radius 1 is 1.15 bits per heavy atom. The van der Waals surface area contributed by atoms with E-state index in [1.807, 2.05) is 36.4 Å². The van der Waals surface area contributed by atoms with Crippen molar-refractivity contribution in [3.05, 3.63) is 59.1 Å². The number of nitrogens with two attached hydrogens (primary N) is 1. The van der Waals surface area contributed by atoms with Crippen LogP contribution in [0.4, 0.5) is 11.4 Å². The van der Waals surface area contributed by atoms with Crippen LogP contribution in [0, 0.1) is 0 Å². The zero-order valence-electron chi connectivity index (χ0n) is 14.9. The highest BCUT2D eigenvalue weighted by molar-refractivity contribution is 5.87. The molecule has 2 aromatic carbocycles. The van der Waals surface area contributed by atoms with Gasteiger partial charge in [0.25, 0.3) is 0 Å². The van der Waals surface area contributed by atoms with Crippen LogP contribution in [0.3, 0.4) is 0 Å². The average molecular weight is 366 g/mol. The molecule has 3 N–H and O–H groups in total. The number of anilines is 2. The summed E-state index contributed by atoms with van der Waals surface area (Å²) < 4.78 is 5.38. The fraction of sp³-hybridized carbons (Fsp3) is 0.300. The van der Waals surface area contributed by atoms with Gasteiger partial charge in [0.1, 0.15) is 0 Å². The van der Waals surface area contributed by atoms with E-state index in [4.69, 9.17) is 10.2 Å². The molecule has 4 rings (SSSR count). The number of rotatable bonds is 5. The van der Waals surface area contributed by atoms with Crippen LogP contribution < -0.4 is 21.3 Å². The molecule has 0 spiro atoms. The number of nitrogens with zero attached hydrogens (tertiary/aromatic N) is 2. The molecule has 2 heterocycles. The van der Waals surface area contributed by atoms with Gasteiger partial charge in [0, 0.05) is 37.8 Å². The molecule has 1 atom stereocenters. The summed E-state index contributed by atoms with van der Waals surface area (Å²) >= 11 is 0. The lowest BCUT2D eigenvalue weighted by molar-refractivity contribution is -0.118. The Labute approximate surface area is 156 Å². The molecule has 1 amide bonds. The molecule has 7 heteroatoms. The van der Waals surface area contributed by atoms with Crippen molar-refractivity contribution in [3.8, 4) is 0 Å². The van der Waals surface area contributed by atoms with Crippen LogP contribution in [0.5, 0.6) is 0 Å². The SMILES string of the molecule is NC(=O)CCC1CN(c2ccccc2)CCN1c1cccc2[nH]c(=O)oc12. The number of H-pyrrole nitrogens is 1. The number of para-hydroxylation sites is 2. The highest BCUT2D eigenvalue weighted by atomic mass is 16.4. The summed E-state index contributed by atoms with van der Waals surface area (Å²) in [6.45, 7) is 2.36. The summed E-state index contributed by atoms with van der Waals surface area (Å²) in [6.07, 6.45) is 0.959. The van der Waals surface area contributed by atoms with Crippen molar-refractivity contribution in [2.45, 2.75) is 18.9 Å². The zero-order valence-corrected chi connectivity index (χ0v) is 14.9. The molecule has 7 nitrogen and oxygen atoms in total. The maximum absolute atomic E-state index is 11.6. The van der Waals surface area contributed by atoms with Crippen molar-refractivity contribution in [2.24, 2.45) is 5.73 Å². The lowest BCUT2D eigenvalue weighted by Crippen LogP contribution is -2.53. The second kappa shape index (κ2) is 7.19. The standard InChI is InChI=1S/C20H22N4O3/c21-18(25)10-9-15-13-23(14-5-2-1-3-6-14)11-12-24(15)17-8-4-7-16-19(17)27-20(26)22-16/h1-8,15H,9-13H2,(H2,21,25)(H,22,26). The molecular weight excluding hydrogens is 344 g/mol. The number of primary amides is 1. The average Bonchev–Trinajstić information content (AvgIpc) is 3.07. The first-order valence-corrected chi connectivity index (χ1v) is 9.08. The third-order valence-corrected chi connectivity index (χ3v) is 5.06. The predicted molar refractivity (Wildman–Crippen MR) is 105 cm³/mol. The first-order chi connectivity index (χ1) is 13.1. The van der Waals surface area contributed by atoms with Crippen molar-refractivity contribution in [2.75, 3.05) is 29.4 Å².